The molecule has 3 heterocycles. The van der Waals surface area contributed by atoms with Gasteiger partial charge in [-0.2, -0.15) is 13.2 Å². The minimum Gasteiger partial charge on any atom is -0.417 e. The fourth-order valence-electron chi connectivity index (χ4n) is 3.31. The second kappa shape index (κ2) is 6.71. The SMILES string of the molecule is Cc1cn(Cc2ccc(C(F)(F)F)cc2)c(-c2nnc(C3(C)CCNC3=O)o2)n1. The highest BCUT2D eigenvalue weighted by Crippen LogP contribution is 2.32. The highest BCUT2D eigenvalue weighted by Gasteiger charge is 2.44. The first kappa shape index (κ1) is 19.2. The zero-order chi connectivity index (χ0) is 20.8. The van der Waals surface area contributed by atoms with Crippen molar-refractivity contribution in [2.24, 2.45) is 0 Å². The molecule has 0 radical (unpaired) electrons. The molecule has 1 fully saturated rings. The number of carbonyl (C=O) groups is 1. The number of amides is 1. The molecule has 29 heavy (non-hydrogen) atoms. The molecule has 1 saturated heterocycles. The van der Waals surface area contributed by atoms with Gasteiger partial charge in [-0.1, -0.05) is 12.1 Å². The van der Waals surface area contributed by atoms with Crippen LogP contribution in [-0.2, 0) is 22.9 Å². The van der Waals surface area contributed by atoms with Crippen LogP contribution in [0.4, 0.5) is 13.2 Å². The molecule has 1 aliphatic heterocycles. The predicted molar refractivity (Wildman–Crippen MR) is 95.8 cm³/mol. The molecule has 152 valence electrons. The summed E-state index contributed by atoms with van der Waals surface area (Å²) in [6.45, 7) is 4.35. The molecule has 0 spiro atoms. The van der Waals surface area contributed by atoms with E-state index in [4.69, 9.17) is 4.42 Å². The Hall–Kier alpha value is -3.17. The van der Waals surface area contributed by atoms with Crippen molar-refractivity contribution in [2.75, 3.05) is 6.54 Å². The van der Waals surface area contributed by atoms with Crippen molar-refractivity contribution in [3.63, 3.8) is 0 Å². The van der Waals surface area contributed by atoms with Crippen LogP contribution in [0.3, 0.4) is 0 Å². The minimum absolute atomic E-state index is 0.154. The number of hydrogen-bond donors (Lipinski definition) is 1. The van der Waals surface area contributed by atoms with E-state index in [1.165, 1.54) is 12.1 Å². The fraction of sp³-hybridized carbons (Fsp3) is 0.368. The number of imidazole rings is 1. The van der Waals surface area contributed by atoms with Crippen LogP contribution in [0.1, 0.15) is 36.1 Å². The lowest BCUT2D eigenvalue weighted by Gasteiger charge is -2.14. The van der Waals surface area contributed by atoms with Crippen molar-refractivity contribution in [3.05, 3.63) is 53.2 Å². The second-order valence-electron chi connectivity index (χ2n) is 7.28. The van der Waals surface area contributed by atoms with Crippen molar-refractivity contribution in [1.82, 2.24) is 25.1 Å². The topological polar surface area (TPSA) is 85.8 Å². The van der Waals surface area contributed by atoms with Crippen molar-refractivity contribution < 1.29 is 22.4 Å². The van der Waals surface area contributed by atoms with E-state index in [0.717, 1.165) is 12.1 Å². The summed E-state index contributed by atoms with van der Waals surface area (Å²) in [6.07, 6.45) is -2.08. The van der Waals surface area contributed by atoms with Crippen molar-refractivity contribution in [2.45, 2.75) is 38.4 Å². The Morgan fingerprint density at radius 2 is 1.97 bits per heavy atom. The summed E-state index contributed by atoms with van der Waals surface area (Å²) in [5, 5.41) is 10.8. The van der Waals surface area contributed by atoms with Crippen LogP contribution in [-0.4, -0.2) is 32.2 Å². The molecule has 1 aliphatic rings. The highest BCUT2D eigenvalue weighted by atomic mass is 19.4. The Balaban J connectivity index is 1.62. The summed E-state index contributed by atoms with van der Waals surface area (Å²) < 4.78 is 45.8. The number of hydrogen-bond acceptors (Lipinski definition) is 5. The van der Waals surface area contributed by atoms with Gasteiger partial charge >= 0.3 is 6.18 Å². The van der Waals surface area contributed by atoms with Crippen LogP contribution in [0.5, 0.6) is 0 Å². The summed E-state index contributed by atoms with van der Waals surface area (Å²) in [5.74, 6) is 0.588. The first-order chi connectivity index (χ1) is 13.7. The molecule has 0 bridgehead atoms. The maximum atomic E-state index is 12.8. The van der Waals surface area contributed by atoms with Crippen LogP contribution >= 0.6 is 0 Å². The normalized spacial score (nSPS) is 19.6. The first-order valence-corrected chi connectivity index (χ1v) is 8.99. The first-order valence-electron chi connectivity index (χ1n) is 8.99. The largest absolute Gasteiger partial charge is 0.417 e. The number of benzene rings is 1. The standard InChI is InChI=1S/C19H18F3N5O2/c1-11-9-27(10-12-3-5-13(6-4-12)19(20,21)22)14(24-11)15-25-26-17(29-15)18(2)7-8-23-16(18)28/h3-6,9H,7-8,10H2,1-2H3,(H,23,28). The second-order valence-corrected chi connectivity index (χ2v) is 7.28. The minimum atomic E-state index is -4.38. The lowest BCUT2D eigenvalue weighted by molar-refractivity contribution is -0.137. The van der Waals surface area contributed by atoms with Gasteiger partial charge in [-0.05, 0) is 38.0 Å². The van der Waals surface area contributed by atoms with Gasteiger partial charge in [0.05, 0.1) is 11.3 Å². The number of aryl methyl sites for hydroxylation is 1. The zero-order valence-electron chi connectivity index (χ0n) is 15.7. The van der Waals surface area contributed by atoms with Gasteiger partial charge in [-0.3, -0.25) is 4.79 Å². The molecule has 2 aromatic heterocycles. The molecule has 3 aromatic rings. The van der Waals surface area contributed by atoms with E-state index in [1.54, 1.807) is 24.6 Å². The lowest BCUT2D eigenvalue weighted by Crippen LogP contribution is -2.32. The van der Waals surface area contributed by atoms with E-state index in [0.29, 0.717) is 30.0 Å². The van der Waals surface area contributed by atoms with Gasteiger partial charge in [0.2, 0.25) is 11.8 Å². The average molecular weight is 405 g/mol. The molecule has 1 atom stereocenters. The molecule has 10 heteroatoms. The van der Waals surface area contributed by atoms with Gasteiger partial charge in [0.1, 0.15) is 5.41 Å². The predicted octanol–water partition coefficient (Wildman–Crippen LogP) is 3.09. The Bertz CT molecular complexity index is 1050. The molecule has 4 rings (SSSR count). The highest BCUT2D eigenvalue weighted by molar-refractivity contribution is 5.88. The van der Waals surface area contributed by atoms with E-state index in [2.05, 4.69) is 20.5 Å². The number of halogens is 3. The van der Waals surface area contributed by atoms with Crippen LogP contribution in [0.25, 0.3) is 11.7 Å². The van der Waals surface area contributed by atoms with E-state index in [-0.39, 0.29) is 24.2 Å². The van der Waals surface area contributed by atoms with Crippen molar-refractivity contribution in [1.29, 1.82) is 0 Å². The quantitative estimate of drug-likeness (QED) is 0.721. The molecule has 1 amide bonds. The fourth-order valence-corrected chi connectivity index (χ4v) is 3.31. The monoisotopic (exact) mass is 405 g/mol. The Kier molecular flexibility index (Phi) is 4.44. The van der Waals surface area contributed by atoms with E-state index < -0.39 is 17.2 Å². The maximum Gasteiger partial charge on any atom is 0.416 e. The molecule has 0 saturated carbocycles. The molecule has 1 aromatic carbocycles. The van der Waals surface area contributed by atoms with Crippen LogP contribution < -0.4 is 5.32 Å². The Labute approximate surface area is 164 Å². The van der Waals surface area contributed by atoms with Gasteiger partial charge < -0.3 is 14.3 Å². The van der Waals surface area contributed by atoms with Gasteiger partial charge in [0, 0.05) is 19.3 Å². The zero-order valence-corrected chi connectivity index (χ0v) is 15.7. The third kappa shape index (κ3) is 3.50. The van der Waals surface area contributed by atoms with Crippen molar-refractivity contribution in [3.8, 4) is 11.7 Å². The van der Waals surface area contributed by atoms with Gasteiger partial charge in [0.15, 0.2) is 5.82 Å². The number of alkyl halides is 3. The van der Waals surface area contributed by atoms with Crippen LogP contribution in [0, 0.1) is 6.92 Å². The number of nitrogens with one attached hydrogen (secondary N) is 1. The van der Waals surface area contributed by atoms with Gasteiger partial charge in [-0.15, -0.1) is 10.2 Å². The van der Waals surface area contributed by atoms with Crippen LogP contribution in [0.15, 0.2) is 34.9 Å². The van der Waals surface area contributed by atoms with E-state index in [9.17, 15) is 18.0 Å². The number of aromatic nitrogens is 4. The molecular formula is C19H18F3N5O2. The van der Waals surface area contributed by atoms with Crippen molar-refractivity contribution >= 4 is 5.91 Å². The molecule has 1 N–H and O–H groups in total. The summed E-state index contributed by atoms with van der Waals surface area (Å²) >= 11 is 0. The third-order valence-electron chi connectivity index (χ3n) is 5.03. The molecular weight excluding hydrogens is 387 g/mol. The number of rotatable bonds is 4. The smallest absolute Gasteiger partial charge is 0.416 e. The molecule has 0 aliphatic carbocycles. The third-order valence-corrected chi connectivity index (χ3v) is 5.03. The Morgan fingerprint density at radius 1 is 1.24 bits per heavy atom. The van der Waals surface area contributed by atoms with Crippen LogP contribution in [0.2, 0.25) is 0 Å². The van der Waals surface area contributed by atoms with Gasteiger partial charge in [0.25, 0.3) is 5.89 Å². The molecule has 1 unspecified atom stereocenters. The Morgan fingerprint density at radius 3 is 2.59 bits per heavy atom. The number of nitrogens with zero attached hydrogens (tertiary/aromatic N) is 4. The summed E-state index contributed by atoms with van der Waals surface area (Å²) in [4.78, 5) is 16.5. The lowest BCUT2D eigenvalue weighted by atomic mass is 9.89. The summed E-state index contributed by atoms with van der Waals surface area (Å²) in [5.41, 5.74) is -0.228. The maximum absolute atomic E-state index is 12.8. The summed E-state index contributed by atoms with van der Waals surface area (Å²) in [7, 11) is 0. The average Bonchev–Trinajstić information content (AvgIpc) is 3.35. The van der Waals surface area contributed by atoms with Gasteiger partial charge in [-0.25, -0.2) is 4.98 Å². The number of carbonyl (C=O) groups excluding carboxylic acids is 1. The van der Waals surface area contributed by atoms with E-state index in [1.807, 2.05) is 0 Å². The summed E-state index contributed by atoms with van der Waals surface area (Å²) in [6, 6.07) is 4.93. The van der Waals surface area contributed by atoms with E-state index >= 15 is 0 Å². The molecule has 7 nitrogen and oxygen atoms in total.